The number of methoxy groups -OCH3 is 2. The van der Waals surface area contributed by atoms with E-state index in [2.05, 4.69) is 24.2 Å². The molecule has 0 aliphatic heterocycles. The number of oxazole rings is 1. The fourth-order valence-electron chi connectivity index (χ4n) is 2.62. The lowest BCUT2D eigenvalue weighted by Crippen LogP contribution is -1.91. The maximum absolute atomic E-state index is 5.89. The molecule has 0 saturated heterocycles. The Morgan fingerprint density at radius 1 is 1.08 bits per heavy atom. The Bertz CT molecular complexity index is 899. The second-order valence-corrected chi connectivity index (χ2v) is 8.10. The monoisotopic (exact) mass is 389 g/mol. The van der Waals surface area contributed by atoms with Gasteiger partial charge in [-0.2, -0.15) is 11.8 Å². The van der Waals surface area contributed by atoms with Crippen molar-refractivity contribution >= 4 is 23.1 Å². The average Bonchev–Trinajstić information content (AvgIpc) is 3.18. The number of aromatic nitrogens is 1. The predicted molar refractivity (Wildman–Crippen MR) is 109 cm³/mol. The Morgan fingerprint density at radius 2 is 1.85 bits per heavy atom. The van der Waals surface area contributed by atoms with E-state index in [1.165, 1.54) is 16.0 Å². The smallest absolute Gasteiger partial charge is 0.226 e. The molecule has 0 aliphatic rings. The third-order valence-corrected chi connectivity index (χ3v) is 6.46. The first-order chi connectivity index (χ1) is 12.5. The van der Waals surface area contributed by atoms with Crippen LogP contribution in [0.1, 0.15) is 27.5 Å². The molecule has 0 saturated carbocycles. The van der Waals surface area contributed by atoms with E-state index in [4.69, 9.17) is 13.9 Å². The van der Waals surface area contributed by atoms with E-state index < -0.39 is 0 Å². The summed E-state index contributed by atoms with van der Waals surface area (Å²) in [5.41, 5.74) is 4.69. The number of hydrogen-bond acceptors (Lipinski definition) is 6. The molecular formula is C20H23NO3S2. The number of thioether (sulfide) groups is 1. The molecule has 26 heavy (non-hydrogen) atoms. The summed E-state index contributed by atoms with van der Waals surface area (Å²) in [4.78, 5) is 6.09. The van der Waals surface area contributed by atoms with Gasteiger partial charge in [0.2, 0.25) is 5.89 Å². The molecule has 0 atom stereocenters. The number of aryl methyl sites for hydroxylation is 2. The van der Waals surface area contributed by atoms with E-state index >= 15 is 0 Å². The zero-order valence-corrected chi connectivity index (χ0v) is 17.3. The van der Waals surface area contributed by atoms with E-state index in [9.17, 15) is 0 Å². The highest BCUT2D eigenvalue weighted by molar-refractivity contribution is 7.97. The van der Waals surface area contributed by atoms with E-state index in [0.29, 0.717) is 17.4 Å². The van der Waals surface area contributed by atoms with Crippen LogP contribution >= 0.6 is 23.1 Å². The normalized spacial score (nSPS) is 11.0. The summed E-state index contributed by atoms with van der Waals surface area (Å²) in [6, 6.07) is 5.68. The summed E-state index contributed by atoms with van der Waals surface area (Å²) in [6.07, 6.45) is 0. The fraction of sp³-hybridized carbons (Fsp3) is 0.350. The molecule has 0 fully saturated rings. The lowest BCUT2D eigenvalue weighted by atomic mass is 10.2. The van der Waals surface area contributed by atoms with Gasteiger partial charge >= 0.3 is 0 Å². The van der Waals surface area contributed by atoms with E-state index in [1.807, 2.05) is 48.2 Å². The molecule has 0 aliphatic carbocycles. The number of benzene rings is 1. The van der Waals surface area contributed by atoms with Crippen LogP contribution in [0.25, 0.3) is 11.5 Å². The van der Waals surface area contributed by atoms with Gasteiger partial charge in [0, 0.05) is 21.9 Å². The van der Waals surface area contributed by atoms with Crippen LogP contribution in [-0.2, 0) is 11.5 Å². The van der Waals surface area contributed by atoms with Gasteiger partial charge in [-0.25, -0.2) is 4.98 Å². The van der Waals surface area contributed by atoms with Crippen molar-refractivity contribution < 1.29 is 13.9 Å². The molecular weight excluding hydrogens is 366 g/mol. The van der Waals surface area contributed by atoms with Crippen molar-refractivity contribution in [3.05, 3.63) is 51.0 Å². The van der Waals surface area contributed by atoms with Crippen LogP contribution in [0.2, 0.25) is 0 Å². The zero-order valence-electron chi connectivity index (χ0n) is 15.7. The van der Waals surface area contributed by atoms with Crippen molar-refractivity contribution in [2.75, 3.05) is 14.2 Å². The molecule has 0 spiro atoms. The number of thiophene rings is 1. The minimum Gasteiger partial charge on any atom is -0.493 e. The van der Waals surface area contributed by atoms with Crippen molar-refractivity contribution in [1.29, 1.82) is 0 Å². The number of rotatable bonds is 7. The first-order valence-electron chi connectivity index (χ1n) is 8.33. The molecule has 2 aromatic heterocycles. The number of ether oxygens (including phenoxy) is 2. The first-order valence-corrected chi connectivity index (χ1v) is 10.4. The van der Waals surface area contributed by atoms with Gasteiger partial charge in [0.1, 0.15) is 5.76 Å². The minimum absolute atomic E-state index is 0.613. The van der Waals surface area contributed by atoms with Crippen molar-refractivity contribution in [1.82, 2.24) is 4.98 Å². The van der Waals surface area contributed by atoms with Gasteiger partial charge in [-0.1, -0.05) is 0 Å². The highest BCUT2D eigenvalue weighted by Gasteiger charge is 2.14. The summed E-state index contributed by atoms with van der Waals surface area (Å²) >= 11 is 3.68. The Hall–Kier alpha value is -1.92. The van der Waals surface area contributed by atoms with Gasteiger partial charge in [0.05, 0.1) is 19.9 Å². The average molecular weight is 390 g/mol. The molecule has 0 N–H and O–H groups in total. The molecule has 2 heterocycles. The third-order valence-electron chi connectivity index (χ3n) is 4.41. The molecule has 0 bridgehead atoms. The second kappa shape index (κ2) is 8.18. The Morgan fingerprint density at radius 3 is 2.50 bits per heavy atom. The van der Waals surface area contributed by atoms with Crippen LogP contribution in [-0.4, -0.2) is 19.2 Å². The highest BCUT2D eigenvalue weighted by Crippen LogP contribution is 2.33. The quantitative estimate of drug-likeness (QED) is 0.512. The topological polar surface area (TPSA) is 44.5 Å². The van der Waals surface area contributed by atoms with Crippen molar-refractivity contribution in [2.24, 2.45) is 0 Å². The zero-order chi connectivity index (χ0) is 18.7. The molecule has 3 aromatic rings. The van der Waals surface area contributed by atoms with E-state index in [-0.39, 0.29) is 0 Å². The van der Waals surface area contributed by atoms with Gasteiger partial charge in [0.25, 0.3) is 0 Å². The summed E-state index contributed by atoms with van der Waals surface area (Å²) in [6.45, 7) is 6.33. The van der Waals surface area contributed by atoms with Crippen LogP contribution in [0.15, 0.2) is 28.0 Å². The fourth-order valence-corrected chi connectivity index (χ4v) is 4.69. The molecule has 0 amide bonds. The molecule has 138 valence electrons. The van der Waals surface area contributed by atoms with Gasteiger partial charge in [-0.15, -0.1) is 11.3 Å². The molecule has 0 unspecified atom stereocenters. The molecule has 1 aromatic carbocycles. The molecule has 0 radical (unpaired) electrons. The van der Waals surface area contributed by atoms with Crippen LogP contribution < -0.4 is 9.47 Å². The molecule has 4 nitrogen and oxygen atoms in total. The van der Waals surface area contributed by atoms with E-state index in [1.54, 1.807) is 14.2 Å². The third kappa shape index (κ3) is 3.91. The standard InChI is InChI=1S/C20H23NO3S2/c1-12-14(3)26-10-16(12)9-25-11-17-13(2)24-20(21-17)15-6-7-18(22-4)19(8-15)23-5/h6-8,10H,9,11H2,1-5H3. The van der Waals surface area contributed by atoms with Crippen LogP contribution in [0.3, 0.4) is 0 Å². The van der Waals surface area contributed by atoms with Gasteiger partial charge in [-0.05, 0) is 55.5 Å². The van der Waals surface area contributed by atoms with Gasteiger partial charge in [-0.3, -0.25) is 0 Å². The highest BCUT2D eigenvalue weighted by atomic mass is 32.2. The van der Waals surface area contributed by atoms with E-state index in [0.717, 1.165) is 28.5 Å². The summed E-state index contributed by atoms with van der Waals surface area (Å²) in [5.74, 6) is 4.66. The van der Waals surface area contributed by atoms with Crippen molar-refractivity contribution in [3.63, 3.8) is 0 Å². The molecule has 3 rings (SSSR count). The Balaban J connectivity index is 1.72. The minimum atomic E-state index is 0.613. The summed E-state index contributed by atoms with van der Waals surface area (Å²) < 4.78 is 16.5. The van der Waals surface area contributed by atoms with Crippen LogP contribution in [0, 0.1) is 20.8 Å². The maximum Gasteiger partial charge on any atom is 0.226 e. The van der Waals surface area contributed by atoms with Crippen molar-refractivity contribution in [3.8, 4) is 23.0 Å². The van der Waals surface area contributed by atoms with Gasteiger partial charge < -0.3 is 13.9 Å². The second-order valence-electron chi connectivity index (χ2n) is 6.03. The summed E-state index contributed by atoms with van der Waals surface area (Å²) in [7, 11) is 3.25. The lowest BCUT2D eigenvalue weighted by molar-refractivity contribution is 0.355. The van der Waals surface area contributed by atoms with Crippen molar-refractivity contribution in [2.45, 2.75) is 32.3 Å². The Kier molecular flexibility index (Phi) is 5.94. The summed E-state index contributed by atoms with van der Waals surface area (Å²) in [5, 5.41) is 2.25. The van der Waals surface area contributed by atoms with Gasteiger partial charge in [0.15, 0.2) is 11.5 Å². The van der Waals surface area contributed by atoms with Crippen LogP contribution in [0.4, 0.5) is 0 Å². The molecule has 6 heteroatoms. The maximum atomic E-state index is 5.89. The number of nitrogens with zero attached hydrogens (tertiary/aromatic N) is 1. The lowest BCUT2D eigenvalue weighted by Gasteiger charge is -2.07. The Labute approximate surface area is 162 Å². The van der Waals surface area contributed by atoms with Crippen LogP contribution in [0.5, 0.6) is 11.5 Å². The largest absolute Gasteiger partial charge is 0.493 e. The predicted octanol–water partition coefficient (Wildman–Crippen LogP) is 5.78. The SMILES string of the molecule is COc1ccc(-c2nc(CSCc3csc(C)c3C)c(C)o2)cc1OC. The number of hydrogen-bond donors (Lipinski definition) is 0. The first kappa shape index (κ1) is 18.9.